The van der Waals surface area contributed by atoms with Gasteiger partial charge in [0.25, 0.3) is 0 Å². The van der Waals surface area contributed by atoms with E-state index in [9.17, 15) is 4.79 Å². The quantitative estimate of drug-likeness (QED) is 0.317. The van der Waals surface area contributed by atoms with E-state index in [1.54, 1.807) is 0 Å². The summed E-state index contributed by atoms with van der Waals surface area (Å²) in [4.78, 5) is 16.9. The maximum Gasteiger partial charge on any atom is 0.308 e. The highest BCUT2D eigenvalue weighted by Gasteiger charge is 2.30. The molecule has 3 aromatic carbocycles. The van der Waals surface area contributed by atoms with E-state index in [0.717, 1.165) is 48.2 Å². The van der Waals surface area contributed by atoms with Crippen molar-refractivity contribution < 1.29 is 9.53 Å². The smallest absolute Gasteiger partial charge is 0.308 e. The van der Waals surface area contributed by atoms with Crippen LogP contribution in [0, 0.1) is 11.8 Å². The monoisotopic (exact) mass is 425 g/mol. The van der Waals surface area contributed by atoms with Crippen molar-refractivity contribution in [2.45, 2.75) is 38.5 Å². The van der Waals surface area contributed by atoms with Crippen molar-refractivity contribution in [3.8, 4) is 0 Å². The van der Waals surface area contributed by atoms with Gasteiger partial charge < -0.3 is 4.74 Å². The number of hydrogen-bond acceptors (Lipinski definition) is 3. The lowest BCUT2D eigenvalue weighted by molar-refractivity contribution is -0.147. The van der Waals surface area contributed by atoms with Crippen molar-refractivity contribution in [1.29, 1.82) is 0 Å². The number of rotatable bonds is 6. The van der Waals surface area contributed by atoms with Crippen LogP contribution in [0.2, 0.25) is 0 Å². The van der Waals surface area contributed by atoms with E-state index in [0.29, 0.717) is 11.8 Å². The molecule has 3 heteroatoms. The Morgan fingerprint density at radius 3 is 1.84 bits per heavy atom. The van der Waals surface area contributed by atoms with Crippen molar-refractivity contribution in [2.24, 2.45) is 16.8 Å². The van der Waals surface area contributed by atoms with E-state index < -0.39 is 0 Å². The summed E-state index contributed by atoms with van der Waals surface area (Å²) in [5, 5.41) is 0. The molecule has 0 saturated heterocycles. The van der Waals surface area contributed by atoms with Crippen molar-refractivity contribution >= 4 is 17.4 Å². The molecule has 0 aliphatic heterocycles. The maximum absolute atomic E-state index is 11.9. The lowest BCUT2D eigenvalue weighted by atomic mass is 9.74. The third-order valence-electron chi connectivity index (χ3n) is 6.75. The Morgan fingerprint density at radius 2 is 1.34 bits per heavy atom. The predicted molar refractivity (Wildman–Crippen MR) is 131 cm³/mol. The summed E-state index contributed by atoms with van der Waals surface area (Å²) in [6.07, 6.45) is 4.39. The molecule has 0 aromatic heterocycles. The fourth-order valence-corrected chi connectivity index (χ4v) is 4.77. The molecule has 1 saturated carbocycles. The topological polar surface area (TPSA) is 38.7 Å². The SMILES string of the molecule is COC(=O)C(C)[C@H]1CC[C@H](c2ccc(N=C(c3ccccc3)c3ccccc3)cc2)CC1. The van der Waals surface area contributed by atoms with Gasteiger partial charge in [0.05, 0.1) is 24.4 Å². The first-order chi connectivity index (χ1) is 15.7. The summed E-state index contributed by atoms with van der Waals surface area (Å²) in [5.74, 6) is 0.897. The van der Waals surface area contributed by atoms with Crippen LogP contribution in [-0.2, 0) is 9.53 Å². The number of esters is 1. The lowest BCUT2D eigenvalue weighted by Gasteiger charge is -2.31. The molecule has 0 N–H and O–H groups in total. The van der Waals surface area contributed by atoms with Gasteiger partial charge in [-0.1, -0.05) is 79.7 Å². The van der Waals surface area contributed by atoms with E-state index in [4.69, 9.17) is 9.73 Å². The van der Waals surface area contributed by atoms with Gasteiger partial charge in [0, 0.05) is 11.1 Å². The second-order valence-electron chi connectivity index (χ2n) is 8.71. The highest BCUT2D eigenvalue weighted by atomic mass is 16.5. The molecule has 3 nitrogen and oxygen atoms in total. The maximum atomic E-state index is 11.9. The lowest BCUT2D eigenvalue weighted by Crippen LogP contribution is -2.26. The number of carbonyl (C=O) groups is 1. The molecule has 1 aliphatic carbocycles. The first-order valence-corrected chi connectivity index (χ1v) is 11.5. The minimum atomic E-state index is -0.0803. The molecule has 164 valence electrons. The van der Waals surface area contributed by atoms with Gasteiger partial charge in [-0.15, -0.1) is 0 Å². The highest BCUT2D eigenvalue weighted by Crippen LogP contribution is 2.39. The van der Waals surface area contributed by atoms with Crippen LogP contribution in [0.4, 0.5) is 5.69 Å². The summed E-state index contributed by atoms with van der Waals surface area (Å²) >= 11 is 0. The van der Waals surface area contributed by atoms with E-state index >= 15 is 0 Å². The van der Waals surface area contributed by atoms with Crippen molar-refractivity contribution in [3.05, 3.63) is 102 Å². The Kier molecular flexibility index (Phi) is 7.16. The molecule has 32 heavy (non-hydrogen) atoms. The number of nitrogens with zero attached hydrogens (tertiary/aromatic N) is 1. The fraction of sp³-hybridized carbons (Fsp3) is 0.310. The van der Waals surface area contributed by atoms with Crippen molar-refractivity contribution in [2.75, 3.05) is 7.11 Å². The van der Waals surface area contributed by atoms with Crippen LogP contribution in [0.5, 0.6) is 0 Å². The van der Waals surface area contributed by atoms with Gasteiger partial charge in [-0.05, 0) is 55.2 Å². The molecule has 1 fully saturated rings. The Bertz CT molecular complexity index is 992. The van der Waals surface area contributed by atoms with Crippen LogP contribution in [0.3, 0.4) is 0 Å². The number of carbonyl (C=O) groups excluding carboxylic acids is 1. The zero-order chi connectivity index (χ0) is 22.3. The van der Waals surface area contributed by atoms with Crippen LogP contribution in [0.1, 0.15) is 55.2 Å². The van der Waals surface area contributed by atoms with Gasteiger partial charge in [-0.2, -0.15) is 0 Å². The van der Waals surface area contributed by atoms with E-state index in [-0.39, 0.29) is 11.9 Å². The number of aliphatic imine (C=N–C) groups is 1. The van der Waals surface area contributed by atoms with E-state index in [2.05, 4.69) is 48.5 Å². The normalized spacial score (nSPS) is 19.1. The summed E-state index contributed by atoms with van der Waals surface area (Å²) < 4.78 is 4.93. The summed E-state index contributed by atoms with van der Waals surface area (Å²) in [6, 6.07) is 29.4. The van der Waals surface area contributed by atoms with Gasteiger partial charge in [-0.3, -0.25) is 4.79 Å². The molecular formula is C29H31NO2. The first-order valence-electron chi connectivity index (χ1n) is 11.5. The zero-order valence-corrected chi connectivity index (χ0v) is 18.9. The second kappa shape index (κ2) is 10.4. The molecule has 0 amide bonds. The molecule has 3 aromatic rings. The van der Waals surface area contributed by atoms with Crippen LogP contribution in [0.25, 0.3) is 0 Å². The largest absolute Gasteiger partial charge is 0.469 e. The minimum absolute atomic E-state index is 0.00735. The van der Waals surface area contributed by atoms with Crippen LogP contribution < -0.4 is 0 Å². The molecule has 4 rings (SSSR count). The molecule has 1 atom stereocenters. The minimum Gasteiger partial charge on any atom is -0.469 e. The van der Waals surface area contributed by atoms with Gasteiger partial charge in [0.1, 0.15) is 0 Å². The van der Waals surface area contributed by atoms with Gasteiger partial charge >= 0.3 is 5.97 Å². The fourth-order valence-electron chi connectivity index (χ4n) is 4.77. The second-order valence-corrected chi connectivity index (χ2v) is 8.71. The van der Waals surface area contributed by atoms with Gasteiger partial charge in [0.15, 0.2) is 0 Å². The highest BCUT2D eigenvalue weighted by molar-refractivity contribution is 6.13. The summed E-state index contributed by atoms with van der Waals surface area (Å²) in [7, 11) is 1.48. The molecule has 0 spiro atoms. The van der Waals surface area contributed by atoms with Crippen molar-refractivity contribution in [3.63, 3.8) is 0 Å². The summed E-state index contributed by atoms with van der Waals surface area (Å²) in [5.41, 5.74) is 5.54. The Labute approximate surface area is 191 Å². The zero-order valence-electron chi connectivity index (χ0n) is 18.9. The number of methoxy groups -OCH3 is 1. The Balaban J connectivity index is 1.49. The predicted octanol–water partition coefficient (Wildman–Crippen LogP) is 6.94. The first kappa shape index (κ1) is 22.0. The Morgan fingerprint density at radius 1 is 0.812 bits per heavy atom. The number of benzene rings is 3. The molecule has 0 heterocycles. The van der Waals surface area contributed by atoms with Crippen LogP contribution in [0.15, 0.2) is 89.9 Å². The molecule has 0 bridgehead atoms. The van der Waals surface area contributed by atoms with Crippen LogP contribution in [-0.4, -0.2) is 18.8 Å². The number of hydrogen-bond donors (Lipinski definition) is 0. The third-order valence-corrected chi connectivity index (χ3v) is 6.75. The van der Waals surface area contributed by atoms with E-state index in [1.165, 1.54) is 12.7 Å². The molecule has 0 radical (unpaired) electrons. The summed E-state index contributed by atoms with van der Waals surface area (Å²) in [6.45, 7) is 2.00. The average molecular weight is 426 g/mol. The van der Waals surface area contributed by atoms with Crippen molar-refractivity contribution in [1.82, 2.24) is 0 Å². The average Bonchev–Trinajstić information content (AvgIpc) is 2.88. The van der Waals surface area contributed by atoms with E-state index in [1.807, 2.05) is 43.3 Å². The van der Waals surface area contributed by atoms with Crippen LogP contribution >= 0.6 is 0 Å². The molecule has 1 unspecified atom stereocenters. The standard InChI is InChI=1S/C29H31NO2/c1-21(29(31)32-2)22-13-15-23(16-14-22)24-17-19-27(20-18-24)30-28(25-9-5-3-6-10-25)26-11-7-4-8-12-26/h3-12,17-23H,13-16H2,1-2H3/t21?,22-,23-. The number of ether oxygens (including phenoxy) is 1. The third kappa shape index (κ3) is 5.16. The van der Waals surface area contributed by atoms with Gasteiger partial charge in [0.2, 0.25) is 0 Å². The Hall–Kier alpha value is -3.20. The molecule has 1 aliphatic rings. The molecular weight excluding hydrogens is 394 g/mol. The van der Waals surface area contributed by atoms with Gasteiger partial charge in [-0.25, -0.2) is 4.99 Å².